The van der Waals surface area contributed by atoms with Gasteiger partial charge in [-0.2, -0.15) is 0 Å². The fourth-order valence-corrected chi connectivity index (χ4v) is 7.84. The molecule has 11 heteroatoms. The molecule has 1 saturated carbocycles. The number of hydrogen-bond donors (Lipinski definition) is 3. The molecule has 2 amide bonds. The lowest BCUT2D eigenvalue weighted by molar-refractivity contribution is -0.129. The van der Waals surface area contributed by atoms with Crippen LogP contribution >= 0.6 is 0 Å². The summed E-state index contributed by atoms with van der Waals surface area (Å²) in [4.78, 5) is 52.0. The molecule has 3 N–H and O–H groups in total. The van der Waals surface area contributed by atoms with Crippen LogP contribution in [0.3, 0.4) is 0 Å². The number of ether oxygens (including phenoxy) is 1. The highest BCUT2D eigenvalue weighted by molar-refractivity contribution is 7.89. The van der Waals surface area contributed by atoms with Gasteiger partial charge in [-0.3, -0.25) is 14.4 Å². The molecule has 3 aromatic carbocycles. The van der Waals surface area contributed by atoms with E-state index in [-0.39, 0.29) is 40.6 Å². The van der Waals surface area contributed by atoms with Gasteiger partial charge in [-0.1, -0.05) is 30.3 Å². The summed E-state index contributed by atoms with van der Waals surface area (Å²) in [7, 11) is -2.18. The molecule has 2 aliphatic rings. The van der Waals surface area contributed by atoms with Crippen molar-refractivity contribution in [2.45, 2.75) is 89.6 Å². The average Bonchev–Trinajstić information content (AvgIpc) is 3.46. The first-order chi connectivity index (χ1) is 24.1. The number of carbonyl (C=O) groups excluding carboxylic acids is 4. The molecule has 51 heavy (non-hydrogen) atoms. The predicted molar refractivity (Wildman–Crippen MR) is 197 cm³/mol. The van der Waals surface area contributed by atoms with Crippen molar-refractivity contribution in [3.63, 3.8) is 0 Å². The summed E-state index contributed by atoms with van der Waals surface area (Å²) >= 11 is 0. The number of benzene rings is 3. The van der Waals surface area contributed by atoms with Crippen molar-refractivity contribution in [1.82, 2.24) is 10.0 Å². The lowest BCUT2D eigenvalue weighted by atomic mass is 9.77. The van der Waals surface area contributed by atoms with E-state index in [4.69, 9.17) is 4.74 Å². The van der Waals surface area contributed by atoms with Crippen LogP contribution in [0.25, 0.3) is 11.1 Å². The standard InChI is InChI=1S/C40H49N3O7S/c1-25-20-33(51(48,49)41-5)16-18-34(25)28-10-6-26(7-11-28)21-31(38(46)43-32-15-17-35-30(22-32)14-19-36(35)44)23-37(45)29-12-8-27(9-13-29)24-42-39(47)50-40(2,3)4/h6-7,10-11,15-18,20,22,27,29,31,41H,8-9,12-14,19,21,23-24H2,1-5H3,(H,42,47)(H,43,46)/t27?,29?,31-/m1/s1. The number of Topliss-reactive ketones (excluding diaryl/α,β-unsaturated/α-hetero) is 2. The Balaban J connectivity index is 1.27. The van der Waals surface area contributed by atoms with Crippen LogP contribution in [0.4, 0.5) is 10.5 Å². The van der Waals surface area contributed by atoms with Gasteiger partial charge in [0, 0.05) is 42.5 Å². The minimum Gasteiger partial charge on any atom is -0.444 e. The monoisotopic (exact) mass is 715 g/mol. The molecule has 1 fully saturated rings. The second-order valence-electron chi connectivity index (χ2n) is 14.8. The molecule has 0 saturated heterocycles. The number of nitrogens with one attached hydrogen (secondary N) is 3. The van der Waals surface area contributed by atoms with E-state index in [1.54, 1.807) is 30.3 Å². The molecule has 0 radical (unpaired) electrons. The average molecular weight is 716 g/mol. The number of rotatable bonds is 12. The Kier molecular flexibility index (Phi) is 11.8. The molecular weight excluding hydrogens is 667 g/mol. The first-order valence-corrected chi connectivity index (χ1v) is 19.2. The van der Waals surface area contributed by atoms with Gasteiger partial charge in [-0.15, -0.1) is 0 Å². The van der Waals surface area contributed by atoms with Crippen LogP contribution in [0.1, 0.15) is 86.3 Å². The summed E-state index contributed by atoms with van der Waals surface area (Å²) in [6.45, 7) is 7.84. The summed E-state index contributed by atoms with van der Waals surface area (Å²) in [6, 6.07) is 18.2. The third-order valence-corrected chi connectivity index (χ3v) is 11.3. The van der Waals surface area contributed by atoms with Crippen molar-refractivity contribution in [3.05, 3.63) is 82.9 Å². The highest BCUT2D eigenvalue weighted by atomic mass is 32.2. The third kappa shape index (κ3) is 9.92. The van der Waals surface area contributed by atoms with Crippen LogP contribution in [0.2, 0.25) is 0 Å². The number of carbonyl (C=O) groups is 4. The van der Waals surface area contributed by atoms with Gasteiger partial charge in [-0.05, 0) is 137 Å². The van der Waals surface area contributed by atoms with Crippen molar-refractivity contribution in [1.29, 1.82) is 0 Å². The maximum Gasteiger partial charge on any atom is 0.407 e. The fraction of sp³-hybridized carbons (Fsp3) is 0.450. The Morgan fingerprint density at radius 2 is 1.59 bits per heavy atom. The van der Waals surface area contributed by atoms with Crippen molar-refractivity contribution < 1.29 is 32.3 Å². The molecule has 2 aliphatic carbocycles. The fourth-order valence-electron chi connectivity index (χ4n) is 7.02. The smallest absolute Gasteiger partial charge is 0.407 e. The summed E-state index contributed by atoms with van der Waals surface area (Å²) in [5.41, 5.74) is 5.18. The quantitative estimate of drug-likeness (QED) is 0.187. The van der Waals surface area contributed by atoms with Gasteiger partial charge in [0.15, 0.2) is 5.78 Å². The van der Waals surface area contributed by atoms with Gasteiger partial charge in [0.2, 0.25) is 15.9 Å². The molecular formula is C40H49N3O7S. The molecule has 0 aromatic heterocycles. The Bertz CT molecular complexity index is 1890. The van der Waals surface area contributed by atoms with Gasteiger partial charge in [0.05, 0.1) is 4.90 Å². The number of amides is 2. The first kappa shape index (κ1) is 37.9. The Morgan fingerprint density at radius 1 is 0.902 bits per heavy atom. The molecule has 0 unspecified atom stereocenters. The maximum atomic E-state index is 13.8. The van der Waals surface area contributed by atoms with E-state index >= 15 is 0 Å². The van der Waals surface area contributed by atoms with E-state index in [1.165, 1.54) is 7.05 Å². The predicted octanol–water partition coefficient (Wildman–Crippen LogP) is 6.79. The third-order valence-electron chi connectivity index (χ3n) is 9.87. The lowest BCUT2D eigenvalue weighted by Crippen LogP contribution is -2.37. The zero-order valence-electron chi connectivity index (χ0n) is 30.1. The minimum atomic E-state index is -3.56. The van der Waals surface area contributed by atoms with Crippen molar-refractivity contribution in [3.8, 4) is 11.1 Å². The van der Waals surface area contributed by atoms with Gasteiger partial charge < -0.3 is 15.4 Å². The van der Waals surface area contributed by atoms with Crippen molar-refractivity contribution in [2.24, 2.45) is 17.8 Å². The zero-order valence-corrected chi connectivity index (χ0v) is 31.0. The summed E-state index contributed by atoms with van der Waals surface area (Å²) in [5.74, 6) is -0.569. The number of aryl methyl sites for hydroxylation is 2. The highest BCUT2D eigenvalue weighted by Crippen LogP contribution is 2.32. The van der Waals surface area contributed by atoms with Crippen LogP contribution < -0.4 is 15.4 Å². The van der Waals surface area contributed by atoms with E-state index in [9.17, 15) is 27.6 Å². The normalized spacial score (nSPS) is 18.1. The number of fused-ring (bicyclic) bond motifs is 1. The van der Waals surface area contributed by atoms with E-state index in [1.807, 2.05) is 58.0 Å². The topological polar surface area (TPSA) is 148 Å². The number of hydrogen-bond acceptors (Lipinski definition) is 7. The second-order valence-corrected chi connectivity index (χ2v) is 16.7. The summed E-state index contributed by atoms with van der Waals surface area (Å²) < 4.78 is 32.2. The van der Waals surface area contributed by atoms with E-state index < -0.39 is 27.6 Å². The van der Waals surface area contributed by atoms with E-state index in [2.05, 4.69) is 15.4 Å². The molecule has 3 aromatic rings. The Morgan fingerprint density at radius 3 is 2.24 bits per heavy atom. The summed E-state index contributed by atoms with van der Waals surface area (Å²) in [5, 5.41) is 5.88. The zero-order chi connectivity index (χ0) is 36.9. The van der Waals surface area contributed by atoms with Crippen LogP contribution in [-0.2, 0) is 37.2 Å². The largest absolute Gasteiger partial charge is 0.444 e. The van der Waals surface area contributed by atoms with Gasteiger partial charge >= 0.3 is 6.09 Å². The number of alkyl carbamates (subject to hydrolysis) is 1. The van der Waals surface area contributed by atoms with Gasteiger partial charge in [0.25, 0.3) is 0 Å². The summed E-state index contributed by atoms with van der Waals surface area (Å²) in [6.07, 6.45) is 4.15. The maximum absolute atomic E-state index is 13.8. The SMILES string of the molecule is CNS(=O)(=O)c1ccc(-c2ccc(C[C@H](CC(=O)C3CCC(CNC(=O)OC(C)(C)C)CC3)C(=O)Nc3ccc4c(c3)CCC4=O)cc2)c(C)c1. The first-order valence-electron chi connectivity index (χ1n) is 17.7. The molecule has 5 rings (SSSR count). The highest BCUT2D eigenvalue weighted by Gasteiger charge is 2.31. The minimum absolute atomic E-state index is 0.0668. The Hall–Kier alpha value is -4.35. The van der Waals surface area contributed by atoms with Crippen molar-refractivity contribution >= 4 is 39.3 Å². The van der Waals surface area contributed by atoms with Gasteiger partial charge in [-0.25, -0.2) is 17.9 Å². The number of anilines is 1. The van der Waals surface area contributed by atoms with Crippen LogP contribution in [0, 0.1) is 24.7 Å². The van der Waals surface area contributed by atoms with E-state index in [0.717, 1.165) is 40.7 Å². The number of ketones is 2. The molecule has 0 heterocycles. The molecule has 272 valence electrons. The lowest BCUT2D eigenvalue weighted by Gasteiger charge is -2.29. The molecule has 0 aliphatic heterocycles. The second kappa shape index (κ2) is 15.9. The molecule has 1 atom stereocenters. The Labute approximate surface area is 301 Å². The van der Waals surface area contributed by atoms with Crippen LogP contribution in [0.5, 0.6) is 0 Å². The van der Waals surface area contributed by atoms with Crippen LogP contribution in [-0.4, -0.2) is 51.2 Å². The number of sulfonamides is 1. The van der Waals surface area contributed by atoms with Crippen LogP contribution in [0.15, 0.2) is 65.6 Å². The van der Waals surface area contributed by atoms with Crippen molar-refractivity contribution in [2.75, 3.05) is 18.9 Å². The molecule has 0 spiro atoms. The van der Waals surface area contributed by atoms with E-state index in [0.29, 0.717) is 49.9 Å². The molecule has 10 nitrogen and oxygen atoms in total. The molecule has 0 bridgehead atoms. The van der Waals surface area contributed by atoms with Gasteiger partial charge in [0.1, 0.15) is 11.4 Å².